The zero-order valence-electron chi connectivity index (χ0n) is 15.1. The molecule has 0 aliphatic heterocycles. The van der Waals surface area contributed by atoms with Gasteiger partial charge in [0, 0.05) is 28.4 Å². The lowest BCUT2D eigenvalue weighted by Gasteiger charge is -2.08. The van der Waals surface area contributed by atoms with Crippen molar-refractivity contribution < 1.29 is 4.79 Å². The lowest BCUT2D eigenvalue weighted by Crippen LogP contribution is -2.17. The van der Waals surface area contributed by atoms with Gasteiger partial charge in [0.15, 0.2) is 10.9 Å². The molecule has 0 aromatic carbocycles. The summed E-state index contributed by atoms with van der Waals surface area (Å²) in [7, 11) is 0. The number of thioether (sulfide) groups is 1. The molecule has 0 bridgehead atoms. The normalized spacial score (nSPS) is 11.2. The second-order valence-corrected chi connectivity index (χ2v) is 8.10. The summed E-state index contributed by atoms with van der Waals surface area (Å²) in [6.45, 7) is 7.39. The molecule has 0 unspecified atom stereocenters. The number of hydrogen-bond acceptors (Lipinski definition) is 5. The molecule has 0 fully saturated rings. The van der Waals surface area contributed by atoms with Gasteiger partial charge in [0.2, 0.25) is 0 Å². The van der Waals surface area contributed by atoms with Crippen molar-refractivity contribution in [1.82, 2.24) is 19.3 Å². The van der Waals surface area contributed by atoms with Crippen molar-refractivity contribution in [3.05, 3.63) is 55.9 Å². The zero-order chi connectivity index (χ0) is 18.7. The van der Waals surface area contributed by atoms with Gasteiger partial charge in [-0.1, -0.05) is 24.8 Å². The van der Waals surface area contributed by atoms with E-state index in [0.717, 1.165) is 29.9 Å². The number of nitrogens with zero attached hydrogens (tertiary/aromatic N) is 3. The first kappa shape index (κ1) is 18.7. The third kappa shape index (κ3) is 3.86. The molecule has 6 nitrogen and oxygen atoms in total. The number of aryl methyl sites for hydroxylation is 1. The molecule has 26 heavy (non-hydrogen) atoms. The number of aromatic amines is 1. The van der Waals surface area contributed by atoms with Crippen LogP contribution in [0.4, 0.5) is 0 Å². The van der Waals surface area contributed by atoms with Gasteiger partial charge in [-0.3, -0.25) is 9.36 Å². The number of H-pyrrole nitrogens is 1. The zero-order valence-corrected chi connectivity index (χ0v) is 16.7. The molecule has 0 saturated carbocycles. The van der Waals surface area contributed by atoms with Crippen LogP contribution in [0.25, 0.3) is 0 Å². The van der Waals surface area contributed by atoms with Crippen molar-refractivity contribution in [3.63, 3.8) is 0 Å². The van der Waals surface area contributed by atoms with Gasteiger partial charge in [-0.15, -0.1) is 16.4 Å². The Hall–Kier alpha value is -2.06. The van der Waals surface area contributed by atoms with E-state index in [1.807, 2.05) is 32.9 Å². The number of ketones is 1. The predicted octanol–water partition coefficient (Wildman–Crippen LogP) is 3.48. The highest BCUT2D eigenvalue weighted by atomic mass is 32.2. The molecule has 0 radical (unpaired) electrons. The van der Waals surface area contributed by atoms with Crippen LogP contribution in [0.5, 0.6) is 0 Å². The summed E-state index contributed by atoms with van der Waals surface area (Å²) < 4.78 is 3.75. The maximum atomic E-state index is 12.7. The number of rotatable bonds is 8. The average molecular weight is 391 g/mol. The summed E-state index contributed by atoms with van der Waals surface area (Å²) in [4.78, 5) is 25.7. The Balaban J connectivity index is 1.73. The third-order valence-electron chi connectivity index (χ3n) is 4.27. The van der Waals surface area contributed by atoms with E-state index in [0.29, 0.717) is 11.7 Å². The highest BCUT2D eigenvalue weighted by Crippen LogP contribution is 2.22. The molecule has 0 aliphatic carbocycles. The van der Waals surface area contributed by atoms with Crippen LogP contribution in [0.3, 0.4) is 0 Å². The smallest absolute Gasteiger partial charge is 0.343 e. The summed E-state index contributed by atoms with van der Waals surface area (Å²) in [5.41, 5.74) is 2.57. The summed E-state index contributed by atoms with van der Waals surface area (Å²) in [6.07, 6.45) is 0.838. The van der Waals surface area contributed by atoms with Crippen molar-refractivity contribution in [1.29, 1.82) is 0 Å². The van der Waals surface area contributed by atoms with Crippen LogP contribution in [0, 0.1) is 13.8 Å². The van der Waals surface area contributed by atoms with E-state index in [1.165, 1.54) is 16.6 Å². The first-order chi connectivity index (χ1) is 12.5. The van der Waals surface area contributed by atoms with Gasteiger partial charge in [0.1, 0.15) is 0 Å². The molecule has 8 heteroatoms. The Bertz CT molecular complexity index is 951. The van der Waals surface area contributed by atoms with E-state index >= 15 is 0 Å². The second kappa shape index (κ2) is 8.09. The molecule has 3 aromatic rings. The summed E-state index contributed by atoms with van der Waals surface area (Å²) in [5.74, 6) is 0.316. The van der Waals surface area contributed by atoms with Crippen molar-refractivity contribution in [2.75, 3.05) is 5.75 Å². The average Bonchev–Trinajstić information content (AvgIpc) is 3.32. The van der Waals surface area contributed by atoms with Crippen LogP contribution >= 0.6 is 23.1 Å². The van der Waals surface area contributed by atoms with Gasteiger partial charge in [0.25, 0.3) is 0 Å². The fourth-order valence-corrected chi connectivity index (χ4v) is 4.48. The Labute approximate surface area is 160 Å². The second-order valence-electron chi connectivity index (χ2n) is 6.13. The van der Waals surface area contributed by atoms with Crippen molar-refractivity contribution in [2.45, 2.75) is 45.4 Å². The minimum absolute atomic E-state index is 0.0547. The highest BCUT2D eigenvalue weighted by Gasteiger charge is 2.18. The van der Waals surface area contributed by atoms with E-state index in [2.05, 4.69) is 26.2 Å². The Morgan fingerprint density at radius 3 is 2.85 bits per heavy atom. The maximum Gasteiger partial charge on any atom is 0.343 e. The quantitative estimate of drug-likeness (QED) is 0.472. The Kier molecular flexibility index (Phi) is 5.83. The molecule has 0 aliphatic rings. The number of carbonyl (C=O) groups excluding carboxylic acids is 1. The van der Waals surface area contributed by atoms with Gasteiger partial charge < -0.3 is 4.57 Å². The molecular formula is C18H22N4O2S2. The maximum absolute atomic E-state index is 12.7. The highest BCUT2D eigenvalue weighted by molar-refractivity contribution is 7.99. The van der Waals surface area contributed by atoms with E-state index < -0.39 is 0 Å². The molecule has 138 valence electrons. The lowest BCUT2D eigenvalue weighted by atomic mass is 10.2. The monoisotopic (exact) mass is 390 g/mol. The van der Waals surface area contributed by atoms with E-state index in [1.54, 1.807) is 15.9 Å². The Morgan fingerprint density at radius 1 is 1.35 bits per heavy atom. The number of thiophene rings is 1. The van der Waals surface area contributed by atoms with E-state index in [9.17, 15) is 9.59 Å². The van der Waals surface area contributed by atoms with Crippen LogP contribution in [0.1, 0.15) is 40.0 Å². The minimum atomic E-state index is -0.226. The summed E-state index contributed by atoms with van der Waals surface area (Å²) in [6, 6.07) is 6.09. The molecule has 0 saturated heterocycles. The fourth-order valence-electron chi connectivity index (χ4n) is 2.93. The van der Waals surface area contributed by atoms with E-state index in [-0.39, 0.29) is 17.2 Å². The summed E-state index contributed by atoms with van der Waals surface area (Å²) >= 11 is 3.02. The molecule has 0 amide bonds. The van der Waals surface area contributed by atoms with Crippen LogP contribution in [0.2, 0.25) is 0 Å². The molecule has 1 N–H and O–H groups in total. The minimum Gasteiger partial charge on any atom is -0.343 e. The standard InChI is InChI=1S/C18H22N4O2S2/c1-4-7-21-17(24)19-20-18(21)26-11-16(23)15-9-12(2)22(13(15)3)10-14-6-5-8-25-14/h5-6,8-9H,4,7,10-11H2,1-3H3,(H,19,24). The van der Waals surface area contributed by atoms with Gasteiger partial charge in [-0.2, -0.15) is 0 Å². The van der Waals surface area contributed by atoms with Crippen LogP contribution < -0.4 is 5.69 Å². The fraction of sp³-hybridized carbons (Fsp3) is 0.389. The van der Waals surface area contributed by atoms with Crippen LogP contribution in [-0.2, 0) is 13.1 Å². The SMILES string of the molecule is CCCn1c(SCC(=O)c2cc(C)n(Cc3cccs3)c2C)n[nH]c1=O. The van der Waals surface area contributed by atoms with Crippen molar-refractivity contribution >= 4 is 28.9 Å². The predicted molar refractivity (Wildman–Crippen MR) is 106 cm³/mol. The Morgan fingerprint density at radius 2 is 2.15 bits per heavy atom. The molecule has 3 aromatic heterocycles. The molecule has 3 heterocycles. The van der Waals surface area contributed by atoms with Crippen molar-refractivity contribution in [2.24, 2.45) is 0 Å². The van der Waals surface area contributed by atoms with Crippen LogP contribution in [0.15, 0.2) is 33.5 Å². The van der Waals surface area contributed by atoms with Crippen molar-refractivity contribution in [3.8, 4) is 0 Å². The largest absolute Gasteiger partial charge is 0.343 e. The van der Waals surface area contributed by atoms with Crippen LogP contribution in [-0.4, -0.2) is 30.9 Å². The number of Topliss-reactive ketones (excluding diaryl/α,β-unsaturated/α-hetero) is 1. The first-order valence-electron chi connectivity index (χ1n) is 8.51. The van der Waals surface area contributed by atoms with E-state index in [4.69, 9.17) is 0 Å². The number of nitrogens with one attached hydrogen (secondary N) is 1. The summed E-state index contributed by atoms with van der Waals surface area (Å²) in [5, 5.41) is 9.11. The first-order valence-corrected chi connectivity index (χ1v) is 10.4. The molecule has 0 spiro atoms. The van der Waals surface area contributed by atoms with Gasteiger partial charge >= 0.3 is 5.69 Å². The number of aromatic nitrogens is 4. The molecular weight excluding hydrogens is 368 g/mol. The van der Waals surface area contributed by atoms with Gasteiger partial charge in [-0.25, -0.2) is 9.89 Å². The topological polar surface area (TPSA) is 72.7 Å². The molecule has 0 atom stereocenters. The number of carbonyl (C=O) groups is 1. The molecule has 3 rings (SSSR count). The lowest BCUT2D eigenvalue weighted by molar-refractivity contribution is 0.102. The van der Waals surface area contributed by atoms with Gasteiger partial charge in [0.05, 0.1) is 12.3 Å². The number of hydrogen-bond donors (Lipinski definition) is 1. The third-order valence-corrected chi connectivity index (χ3v) is 6.11. The van der Waals surface area contributed by atoms with Gasteiger partial charge in [-0.05, 0) is 37.8 Å².